The molecule has 0 radical (unpaired) electrons. The molecular formula is C18H24N4O. The second kappa shape index (κ2) is 7.13. The summed E-state index contributed by atoms with van der Waals surface area (Å²) in [6, 6.07) is 7.23. The molecule has 0 bridgehead atoms. The third-order valence-corrected chi connectivity index (χ3v) is 4.20. The number of carbonyl (C=O) groups excluding carboxylic acids is 1. The van der Waals surface area contributed by atoms with Crippen LogP contribution >= 0.6 is 0 Å². The molecular weight excluding hydrogens is 288 g/mol. The first-order chi connectivity index (χ1) is 10.9. The lowest BCUT2D eigenvalue weighted by atomic mass is 10.1. The van der Waals surface area contributed by atoms with Crippen molar-refractivity contribution >= 4 is 11.6 Å². The maximum atomic E-state index is 12.1. The minimum Gasteiger partial charge on any atom is -0.399 e. The van der Waals surface area contributed by atoms with E-state index >= 15 is 0 Å². The first kappa shape index (κ1) is 16.8. The van der Waals surface area contributed by atoms with Gasteiger partial charge in [-0.2, -0.15) is 0 Å². The van der Waals surface area contributed by atoms with Crippen LogP contribution in [-0.4, -0.2) is 36.2 Å². The number of nitrogens with two attached hydrogens (primary N) is 1. The average Bonchev–Trinajstić information content (AvgIpc) is 2.49. The Bertz CT molecular complexity index is 654. The van der Waals surface area contributed by atoms with Crippen molar-refractivity contribution in [3.8, 4) is 0 Å². The van der Waals surface area contributed by atoms with Crippen LogP contribution in [0, 0.1) is 5.41 Å². The van der Waals surface area contributed by atoms with Gasteiger partial charge in [-0.15, -0.1) is 0 Å². The molecule has 1 fully saturated rings. The molecule has 5 heteroatoms. The van der Waals surface area contributed by atoms with Crippen molar-refractivity contribution in [2.24, 2.45) is 5.73 Å². The zero-order chi connectivity index (χ0) is 17.0. The number of hydrogen-bond donors (Lipinski definition) is 3. The summed E-state index contributed by atoms with van der Waals surface area (Å²) >= 11 is 0. The van der Waals surface area contributed by atoms with E-state index in [0.717, 1.165) is 36.3 Å². The minimum atomic E-state index is 0.0725. The van der Waals surface area contributed by atoms with Gasteiger partial charge < -0.3 is 21.4 Å². The number of benzene rings is 1. The molecule has 0 saturated carbocycles. The molecule has 1 aliphatic rings. The highest BCUT2D eigenvalue weighted by atomic mass is 16.2. The number of allylic oxidation sites excluding steroid dienone is 2. The SMILES string of the molecule is C=C(N)/C(C)=C(\C)NCC(=N)c1ccc(C(=O)N2CCC2)cc1. The van der Waals surface area contributed by atoms with E-state index in [-0.39, 0.29) is 5.91 Å². The fourth-order valence-corrected chi connectivity index (χ4v) is 2.21. The Morgan fingerprint density at radius 1 is 1.26 bits per heavy atom. The van der Waals surface area contributed by atoms with Crippen LogP contribution in [0.15, 0.2) is 47.8 Å². The number of likely N-dealkylation sites (tertiary alicyclic amines) is 1. The Kier molecular flexibility index (Phi) is 5.21. The predicted molar refractivity (Wildman–Crippen MR) is 93.5 cm³/mol. The van der Waals surface area contributed by atoms with E-state index in [2.05, 4.69) is 11.9 Å². The van der Waals surface area contributed by atoms with Gasteiger partial charge in [-0.25, -0.2) is 0 Å². The molecule has 0 spiro atoms. The van der Waals surface area contributed by atoms with E-state index < -0.39 is 0 Å². The van der Waals surface area contributed by atoms with E-state index in [1.807, 2.05) is 30.9 Å². The van der Waals surface area contributed by atoms with Crippen molar-refractivity contribution in [2.45, 2.75) is 20.3 Å². The van der Waals surface area contributed by atoms with Crippen molar-refractivity contribution in [3.05, 3.63) is 58.9 Å². The molecule has 23 heavy (non-hydrogen) atoms. The molecule has 122 valence electrons. The van der Waals surface area contributed by atoms with Crippen LogP contribution in [0.3, 0.4) is 0 Å². The molecule has 0 unspecified atom stereocenters. The lowest BCUT2D eigenvalue weighted by molar-refractivity contribution is 0.0652. The van der Waals surface area contributed by atoms with Crippen molar-refractivity contribution in [1.82, 2.24) is 10.2 Å². The molecule has 1 aromatic rings. The Morgan fingerprint density at radius 3 is 2.30 bits per heavy atom. The van der Waals surface area contributed by atoms with Crippen LogP contribution < -0.4 is 11.1 Å². The average molecular weight is 312 g/mol. The second-order valence-electron chi connectivity index (χ2n) is 5.83. The van der Waals surface area contributed by atoms with Gasteiger partial charge in [-0.05, 0) is 43.5 Å². The monoisotopic (exact) mass is 312 g/mol. The van der Waals surface area contributed by atoms with Crippen molar-refractivity contribution in [1.29, 1.82) is 5.41 Å². The van der Waals surface area contributed by atoms with E-state index in [1.54, 1.807) is 12.1 Å². The second-order valence-corrected chi connectivity index (χ2v) is 5.83. The van der Waals surface area contributed by atoms with Gasteiger partial charge in [0.1, 0.15) is 0 Å². The molecule has 1 saturated heterocycles. The molecule has 2 rings (SSSR count). The normalized spacial score (nSPS) is 14.6. The Hall–Kier alpha value is -2.56. The quantitative estimate of drug-likeness (QED) is 0.556. The minimum absolute atomic E-state index is 0.0725. The largest absolute Gasteiger partial charge is 0.399 e. The first-order valence-electron chi connectivity index (χ1n) is 7.73. The van der Waals surface area contributed by atoms with E-state index in [9.17, 15) is 4.79 Å². The fourth-order valence-electron chi connectivity index (χ4n) is 2.21. The standard InChI is InChI=1S/C18H24N4O/c1-12(13(2)19)14(3)21-11-17(20)15-5-7-16(8-6-15)18(23)22-9-4-10-22/h5-8,20-21H,2,4,9-11,19H2,1,3H3/b14-12+,20-17?. The molecule has 1 amide bonds. The Balaban J connectivity index is 1.96. The first-order valence-corrected chi connectivity index (χ1v) is 7.73. The maximum absolute atomic E-state index is 12.1. The summed E-state index contributed by atoms with van der Waals surface area (Å²) in [4.78, 5) is 13.9. The van der Waals surface area contributed by atoms with Crippen molar-refractivity contribution in [2.75, 3.05) is 19.6 Å². The zero-order valence-corrected chi connectivity index (χ0v) is 13.8. The van der Waals surface area contributed by atoms with Crippen LogP contribution in [0.2, 0.25) is 0 Å². The van der Waals surface area contributed by atoms with Crippen molar-refractivity contribution < 1.29 is 4.79 Å². The van der Waals surface area contributed by atoms with Gasteiger partial charge in [-0.3, -0.25) is 4.79 Å². The summed E-state index contributed by atoms with van der Waals surface area (Å²) in [5, 5.41) is 11.3. The highest BCUT2D eigenvalue weighted by Gasteiger charge is 2.21. The van der Waals surface area contributed by atoms with Crippen LogP contribution in [0.5, 0.6) is 0 Å². The van der Waals surface area contributed by atoms with Gasteiger partial charge in [0.25, 0.3) is 5.91 Å². The van der Waals surface area contributed by atoms with E-state index in [0.29, 0.717) is 23.5 Å². The number of nitrogens with zero attached hydrogens (tertiary/aromatic N) is 1. The Morgan fingerprint density at radius 2 is 1.83 bits per heavy atom. The summed E-state index contributed by atoms with van der Waals surface area (Å²) in [5.74, 6) is 0.0725. The Labute approximate surface area is 137 Å². The molecule has 5 nitrogen and oxygen atoms in total. The third kappa shape index (κ3) is 4.00. The van der Waals surface area contributed by atoms with E-state index in [1.165, 1.54) is 0 Å². The van der Waals surface area contributed by atoms with Crippen LogP contribution in [-0.2, 0) is 0 Å². The van der Waals surface area contributed by atoms with Crippen molar-refractivity contribution in [3.63, 3.8) is 0 Å². The smallest absolute Gasteiger partial charge is 0.253 e. The molecule has 1 heterocycles. The third-order valence-electron chi connectivity index (χ3n) is 4.20. The number of amides is 1. The van der Waals surface area contributed by atoms with Gasteiger partial charge >= 0.3 is 0 Å². The molecule has 4 N–H and O–H groups in total. The summed E-state index contributed by atoms with van der Waals surface area (Å²) < 4.78 is 0. The van der Waals surface area contributed by atoms with Gasteiger partial charge in [0.2, 0.25) is 0 Å². The number of carbonyl (C=O) groups is 1. The summed E-state index contributed by atoms with van der Waals surface area (Å²) in [6.45, 7) is 9.60. The number of nitrogens with one attached hydrogen (secondary N) is 2. The van der Waals surface area contributed by atoms with Crippen LogP contribution in [0.25, 0.3) is 0 Å². The predicted octanol–water partition coefficient (Wildman–Crippen LogP) is 2.26. The summed E-state index contributed by atoms with van der Waals surface area (Å²) in [7, 11) is 0. The molecule has 0 aromatic heterocycles. The van der Waals surface area contributed by atoms with Gasteiger partial charge in [0.15, 0.2) is 0 Å². The molecule has 1 aromatic carbocycles. The van der Waals surface area contributed by atoms with Gasteiger partial charge in [-0.1, -0.05) is 18.7 Å². The lowest BCUT2D eigenvalue weighted by Crippen LogP contribution is -2.42. The van der Waals surface area contributed by atoms with Crippen LogP contribution in [0.1, 0.15) is 36.2 Å². The molecule has 1 aliphatic heterocycles. The highest BCUT2D eigenvalue weighted by Crippen LogP contribution is 2.13. The molecule has 0 atom stereocenters. The van der Waals surface area contributed by atoms with Gasteiger partial charge in [0.05, 0.1) is 12.3 Å². The van der Waals surface area contributed by atoms with Gasteiger partial charge in [0, 0.05) is 30.0 Å². The topological polar surface area (TPSA) is 82.2 Å². The summed E-state index contributed by atoms with van der Waals surface area (Å²) in [5.41, 5.74) is 9.93. The summed E-state index contributed by atoms with van der Waals surface area (Å²) in [6.07, 6.45) is 1.08. The van der Waals surface area contributed by atoms with E-state index in [4.69, 9.17) is 11.1 Å². The number of hydrogen-bond acceptors (Lipinski definition) is 4. The van der Waals surface area contributed by atoms with Crippen LogP contribution in [0.4, 0.5) is 0 Å². The zero-order valence-electron chi connectivity index (χ0n) is 13.8. The highest BCUT2D eigenvalue weighted by molar-refractivity contribution is 6.01. The lowest BCUT2D eigenvalue weighted by Gasteiger charge is -2.30. The fraction of sp³-hybridized carbons (Fsp3) is 0.333. The molecule has 0 aliphatic carbocycles. The number of rotatable bonds is 6. The maximum Gasteiger partial charge on any atom is 0.253 e.